The summed E-state index contributed by atoms with van der Waals surface area (Å²) in [5.74, 6) is -0.200. The summed E-state index contributed by atoms with van der Waals surface area (Å²) in [7, 11) is 2.11. The fourth-order valence-electron chi connectivity index (χ4n) is 3.32. The molecule has 1 aromatic carbocycles. The fourth-order valence-corrected chi connectivity index (χ4v) is 3.32. The number of nitrogens with zero attached hydrogens (tertiary/aromatic N) is 2. The van der Waals surface area contributed by atoms with Crippen LogP contribution in [-0.2, 0) is 4.79 Å². The lowest BCUT2D eigenvalue weighted by molar-refractivity contribution is -0.129. The summed E-state index contributed by atoms with van der Waals surface area (Å²) in [4.78, 5) is 16.3. The maximum Gasteiger partial charge on any atom is 0.238 e. The van der Waals surface area contributed by atoms with Gasteiger partial charge in [-0.3, -0.25) is 10.1 Å². The van der Waals surface area contributed by atoms with Crippen molar-refractivity contribution < 1.29 is 9.18 Å². The Balaban J connectivity index is 1.78. The minimum Gasteiger partial charge on any atom is -0.320 e. The topological polar surface area (TPSA) is 35.6 Å². The highest BCUT2D eigenvalue weighted by Crippen LogP contribution is 2.27. The van der Waals surface area contributed by atoms with Gasteiger partial charge >= 0.3 is 0 Å². The quantitative estimate of drug-likeness (QED) is 0.921. The van der Waals surface area contributed by atoms with Gasteiger partial charge in [0.1, 0.15) is 12.0 Å². The van der Waals surface area contributed by atoms with Crippen molar-refractivity contribution in [2.75, 3.05) is 26.7 Å². The number of likely N-dealkylation sites (tertiary alicyclic amines) is 1. The van der Waals surface area contributed by atoms with Gasteiger partial charge in [0, 0.05) is 18.2 Å². The first-order valence-electron chi connectivity index (χ1n) is 7.64. The largest absolute Gasteiger partial charge is 0.320 e. The molecule has 0 spiro atoms. The van der Waals surface area contributed by atoms with Crippen LogP contribution in [0.15, 0.2) is 24.3 Å². The van der Waals surface area contributed by atoms with Crippen molar-refractivity contribution in [3.8, 4) is 0 Å². The molecule has 1 aromatic rings. The second kappa shape index (κ2) is 6.12. The Morgan fingerprint density at radius 3 is 2.90 bits per heavy atom. The van der Waals surface area contributed by atoms with Crippen LogP contribution in [-0.4, -0.2) is 48.4 Å². The maximum absolute atomic E-state index is 14.0. The van der Waals surface area contributed by atoms with Gasteiger partial charge in [-0.15, -0.1) is 0 Å². The van der Waals surface area contributed by atoms with Crippen LogP contribution in [0, 0.1) is 5.82 Å². The molecule has 0 radical (unpaired) electrons. The summed E-state index contributed by atoms with van der Waals surface area (Å²) in [6, 6.07) is 7.06. The molecule has 4 nitrogen and oxygen atoms in total. The average molecular weight is 291 g/mol. The third-order valence-electron chi connectivity index (χ3n) is 4.61. The molecule has 2 aliphatic heterocycles. The molecule has 2 aliphatic rings. The molecule has 0 aromatic heterocycles. The number of amides is 1. The van der Waals surface area contributed by atoms with Crippen molar-refractivity contribution in [2.24, 2.45) is 0 Å². The average Bonchev–Trinajstić information content (AvgIpc) is 2.83. The molecule has 2 atom stereocenters. The molecule has 21 heavy (non-hydrogen) atoms. The summed E-state index contributed by atoms with van der Waals surface area (Å²) >= 11 is 0. The fraction of sp³-hybridized carbons (Fsp3) is 0.562. The Hall–Kier alpha value is -1.46. The van der Waals surface area contributed by atoms with Crippen LogP contribution in [0.1, 0.15) is 31.0 Å². The molecule has 2 saturated heterocycles. The standard InChI is InChI=1S/C16H22FN3O/c1-19-9-5-4-6-12(19)11-20-15(21)10-18-16(20)13-7-2-3-8-14(13)17/h2-3,7-8,12,16,18H,4-6,9-11H2,1H3. The van der Waals surface area contributed by atoms with Crippen molar-refractivity contribution in [2.45, 2.75) is 31.5 Å². The van der Waals surface area contributed by atoms with Crippen LogP contribution in [0.3, 0.4) is 0 Å². The third-order valence-corrected chi connectivity index (χ3v) is 4.61. The van der Waals surface area contributed by atoms with E-state index in [0.717, 1.165) is 13.0 Å². The van der Waals surface area contributed by atoms with Gasteiger partial charge in [0.2, 0.25) is 5.91 Å². The predicted molar refractivity (Wildman–Crippen MR) is 79.1 cm³/mol. The highest BCUT2D eigenvalue weighted by Gasteiger charge is 2.35. The Kier molecular flexibility index (Phi) is 4.22. The summed E-state index contributed by atoms with van der Waals surface area (Å²) in [6.45, 7) is 2.03. The van der Waals surface area contributed by atoms with Gasteiger partial charge in [-0.25, -0.2) is 4.39 Å². The molecule has 2 unspecified atom stereocenters. The van der Waals surface area contributed by atoms with E-state index in [1.165, 1.54) is 18.9 Å². The van der Waals surface area contributed by atoms with Crippen molar-refractivity contribution in [3.05, 3.63) is 35.6 Å². The molecule has 3 rings (SSSR count). The molecule has 1 amide bonds. The minimum absolute atomic E-state index is 0.0576. The lowest BCUT2D eigenvalue weighted by atomic mass is 10.0. The molecule has 1 N–H and O–H groups in total. The summed E-state index contributed by atoms with van der Waals surface area (Å²) in [5.41, 5.74) is 0.557. The van der Waals surface area contributed by atoms with Gasteiger partial charge < -0.3 is 9.80 Å². The highest BCUT2D eigenvalue weighted by atomic mass is 19.1. The van der Waals surface area contributed by atoms with E-state index in [4.69, 9.17) is 0 Å². The van der Waals surface area contributed by atoms with Crippen LogP contribution in [0.5, 0.6) is 0 Å². The Morgan fingerprint density at radius 2 is 2.14 bits per heavy atom. The number of hydrogen-bond acceptors (Lipinski definition) is 3. The van der Waals surface area contributed by atoms with Gasteiger partial charge in [0.05, 0.1) is 6.54 Å². The smallest absolute Gasteiger partial charge is 0.238 e. The van der Waals surface area contributed by atoms with E-state index in [0.29, 0.717) is 18.2 Å². The minimum atomic E-state index is -0.339. The molecule has 0 aliphatic carbocycles. The van der Waals surface area contributed by atoms with Crippen molar-refractivity contribution in [1.29, 1.82) is 0 Å². The van der Waals surface area contributed by atoms with E-state index in [2.05, 4.69) is 17.3 Å². The number of rotatable bonds is 3. The molecule has 0 saturated carbocycles. The van der Waals surface area contributed by atoms with Gasteiger partial charge in [-0.2, -0.15) is 0 Å². The number of carbonyl (C=O) groups excluding carboxylic acids is 1. The Bertz CT molecular complexity index is 522. The van der Waals surface area contributed by atoms with Crippen LogP contribution in [0.4, 0.5) is 4.39 Å². The Morgan fingerprint density at radius 1 is 1.33 bits per heavy atom. The normalized spacial score (nSPS) is 27.3. The van der Waals surface area contributed by atoms with Crippen LogP contribution in [0.2, 0.25) is 0 Å². The highest BCUT2D eigenvalue weighted by molar-refractivity contribution is 5.81. The van der Waals surface area contributed by atoms with E-state index >= 15 is 0 Å². The zero-order chi connectivity index (χ0) is 14.8. The number of nitrogens with one attached hydrogen (secondary N) is 1. The third kappa shape index (κ3) is 2.94. The second-order valence-corrected chi connectivity index (χ2v) is 5.98. The lowest BCUT2D eigenvalue weighted by Gasteiger charge is -2.36. The van der Waals surface area contributed by atoms with E-state index < -0.39 is 0 Å². The zero-order valence-corrected chi connectivity index (χ0v) is 12.4. The van der Waals surface area contributed by atoms with Crippen molar-refractivity contribution in [1.82, 2.24) is 15.1 Å². The first-order chi connectivity index (χ1) is 10.2. The number of piperidine rings is 1. The van der Waals surface area contributed by atoms with E-state index in [1.54, 1.807) is 17.0 Å². The maximum atomic E-state index is 14.0. The van der Waals surface area contributed by atoms with Gasteiger partial charge in [0.25, 0.3) is 0 Å². The van der Waals surface area contributed by atoms with Crippen LogP contribution in [0.25, 0.3) is 0 Å². The van der Waals surface area contributed by atoms with Gasteiger partial charge in [-0.1, -0.05) is 24.6 Å². The lowest BCUT2D eigenvalue weighted by Crippen LogP contribution is -2.46. The van der Waals surface area contributed by atoms with Crippen LogP contribution < -0.4 is 5.32 Å². The van der Waals surface area contributed by atoms with Gasteiger partial charge in [-0.05, 0) is 32.5 Å². The van der Waals surface area contributed by atoms with E-state index in [9.17, 15) is 9.18 Å². The molecule has 2 fully saturated rings. The molecule has 114 valence electrons. The summed E-state index contributed by atoms with van der Waals surface area (Å²) in [6.07, 6.45) is 3.18. The van der Waals surface area contributed by atoms with Crippen molar-refractivity contribution >= 4 is 5.91 Å². The molecule has 2 heterocycles. The summed E-state index contributed by atoms with van der Waals surface area (Å²) < 4.78 is 14.0. The van der Waals surface area contributed by atoms with E-state index in [-0.39, 0.29) is 24.4 Å². The number of hydrogen-bond donors (Lipinski definition) is 1. The van der Waals surface area contributed by atoms with E-state index in [1.807, 2.05) is 6.07 Å². The molecule has 0 bridgehead atoms. The van der Waals surface area contributed by atoms with Crippen molar-refractivity contribution in [3.63, 3.8) is 0 Å². The van der Waals surface area contributed by atoms with Crippen LogP contribution >= 0.6 is 0 Å². The Labute approximate surface area is 124 Å². The number of carbonyl (C=O) groups is 1. The molecular weight excluding hydrogens is 269 g/mol. The predicted octanol–water partition coefficient (Wildman–Crippen LogP) is 1.74. The number of benzene rings is 1. The van der Waals surface area contributed by atoms with Gasteiger partial charge in [0.15, 0.2) is 0 Å². The summed E-state index contributed by atoms with van der Waals surface area (Å²) in [5, 5.41) is 3.14. The first kappa shape index (κ1) is 14.5. The zero-order valence-electron chi connectivity index (χ0n) is 12.4. The molecular formula is C16H22FN3O. The SMILES string of the molecule is CN1CCCCC1CN1C(=O)CNC1c1ccccc1F. The number of likely N-dealkylation sites (N-methyl/N-ethyl adjacent to an activating group) is 1. The first-order valence-corrected chi connectivity index (χ1v) is 7.64. The number of halogens is 1. The monoisotopic (exact) mass is 291 g/mol. The molecule has 5 heteroatoms. The second-order valence-electron chi connectivity index (χ2n) is 5.98.